The number of primary amides is 1. The summed E-state index contributed by atoms with van der Waals surface area (Å²) in [7, 11) is 0. The number of hydrogen-bond donors (Lipinski definition) is 3. The van der Waals surface area contributed by atoms with Gasteiger partial charge in [-0.15, -0.1) is 0 Å². The normalized spacial score (nSPS) is 17.5. The van der Waals surface area contributed by atoms with Gasteiger partial charge in [-0.2, -0.15) is 0 Å². The van der Waals surface area contributed by atoms with Gasteiger partial charge in [0, 0.05) is 38.3 Å². The number of carbonyl (C=O) groups is 3. The van der Waals surface area contributed by atoms with Crippen molar-refractivity contribution in [2.24, 2.45) is 5.73 Å². The van der Waals surface area contributed by atoms with E-state index in [1.54, 1.807) is 19.1 Å². The molecule has 0 radical (unpaired) electrons. The Morgan fingerprint density at radius 3 is 2.50 bits per heavy atom. The second kappa shape index (κ2) is 14.3. The topological polar surface area (TPSA) is 120 Å². The number of aryl methyl sites for hydroxylation is 1. The third kappa shape index (κ3) is 8.09. The largest absolute Gasteiger partial charge is 0.442 e. The van der Waals surface area contributed by atoms with E-state index in [-0.39, 0.29) is 12.0 Å². The molecule has 2 aliphatic heterocycles. The van der Waals surface area contributed by atoms with E-state index in [2.05, 4.69) is 10.6 Å². The van der Waals surface area contributed by atoms with Crippen LogP contribution in [-0.2, 0) is 20.7 Å². The molecule has 0 bridgehead atoms. The van der Waals surface area contributed by atoms with E-state index in [9.17, 15) is 14.4 Å². The van der Waals surface area contributed by atoms with Crippen molar-refractivity contribution in [3.05, 3.63) is 53.8 Å². The highest BCUT2D eigenvalue weighted by atomic mass is 32.1. The van der Waals surface area contributed by atoms with E-state index in [1.165, 1.54) is 11.0 Å². The lowest BCUT2D eigenvalue weighted by atomic mass is 10.1. The van der Waals surface area contributed by atoms with Crippen LogP contribution in [0, 0.1) is 5.82 Å². The quantitative estimate of drug-likeness (QED) is 0.318. The molecule has 2 aliphatic rings. The lowest BCUT2D eigenvalue weighted by Crippen LogP contribution is -2.49. The average Bonchev–Trinajstić information content (AvgIpc) is 3.36. The van der Waals surface area contributed by atoms with Crippen LogP contribution in [0.4, 0.5) is 26.2 Å². The summed E-state index contributed by atoms with van der Waals surface area (Å²) in [5, 5.41) is 6.12. The van der Waals surface area contributed by atoms with Crippen molar-refractivity contribution in [3.63, 3.8) is 0 Å². The number of hydrogen-bond acceptors (Lipinski definition) is 7. The van der Waals surface area contributed by atoms with Gasteiger partial charge in [0.2, 0.25) is 11.8 Å². The molecule has 0 aromatic heterocycles. The summed E-state index contributed by atoms with van der Waals surface area (Å²) in [6.45, 7) is 6.48. The van der Waals surface area contributed by atoms with Gasteiger partial charge in [-0.05, 0) is 62.1 Å². The standard InChI is InChI=1S/C30H39FN6O4S/c1-3-27(42)33-18-24-19-37(30(40)41-24)23-11-12-26(25(31)17-23)35-13-15-36(16-14-35)28(38)6-4-5-21-7-9-22(10-8-21)34-20(2)29(32)39/h7-12,17,20,24,34H,3-6,13-16,18-19H2,1-2H3,(H2,32,39)(H,33,42)/t20?,24-/m0/s1. The molecule has 4 N–H and O–H groups in total. The number of piperazine rings is 1. The Morgan fingerprint density at radius 1 is 1.14 bits per heavy atom. The fraction of sp³-hybridized carbons (Fsp3) is 0.467. The van der Waals surface area contributed by atoms with E-state index >= 15 is 4.39 Å². The van der Waals surface area contributed by atoms with Crippen molar-refractivity contribution in [1.29, 1.82) is 0 Å². The minimum Gasteiger partial charge on any atom is -0.442 e. The van der Waals surface area contributed by atoms with Gasteiger partial charge in [0.25, 0.3) is 0 Å². The number of anilines is 3. The zero-order chi connectivity index (χ0) is 30.2. The number of cyclic esters (lactones) is 1. The molecule has 0 aliphatic carbocycles. The molecule has 2 aromatic carbocycles. The molecule has 2 atom stereocenters. The molecule has 3 amide bonds. The Morgan fingerprint density at radius 2 is 1.86 bits per heavy atom. The SMILES string of the molecule is CCC(=S)NC[C@H]1CN(c2ccc(N3CCN(C(=O)CCCc4ccc(NC(C)C(N)=O)cc4)CC3)c(F)c2)C(=O)O1. The summed E-state index contributed by atoms with van der Waals surface area (Å²) in [4.78, 5) is 42.3. The van der Waals surface area contributed by atoms with Crippen LogP contribution in [0.5, 0.6) is 0 Å². The molecule has 10 nitrogen and oxygen atoms in total. The predicted octanol–water partition coefficient (Wildman–Crippen LogP) is 3.44. The first-order chi connectivity index (χ1) is 20.1. The summed E-state index contributed by atoms with van der Waals surface area (Å²) in [6, 6.07) is 12.1. The highest BCUT2D eigenvalue weighted by Crippen LogP contribution is 2.28. The molecule has 12 heteroatoms. The van der Waals surface area contributed by atoms with Crippen molar-refractivity contribution in [3.8, 4) is 0 Å². The first-order valence-corrected chi connectivity index (χ1v) is 14.8. The molecule has 1 unspecified atom stereocenters. The van der Waals surface area contributed by atoms with Crippen LogP contribution in [-0.4, -0.2) is 79.2 Å². The van der Waals surface area contributed by atoms with E-state index in [4.69, 9.17) is 22.7 Å². The third-order valence-corrected chi connectivity index (χ3v) is 7.99. The number of halogens is 1. The van der Waals surface area contributed by atoms with Crippen molar-refractivity contribution < 1.29 is 23.5 Å². The fourth-order valence-electron chi connectivity index (χ4n) is 5.00. The Balaban J connectivity index is 1.21. The first-order valence-electron chi connectivity index (χ1n) is 14.4. The van der Waals surface area contributed by atoms with Gasteiger partial charge < -0.3 is 30.9 Å². The van der Waals surface area contributed by atoms with E-state index < -0.39 is 23.9 Å². The maximum atomic E-state index is 15.2. The van der Waals surface area contributed by atoms with Gasteiger partial charge in [-0.3, -0.25) is 14.5 Å². The molecule has 2 saturated heterocycles. The van der Waals surface area contributed by atoms with Gasteiger partial charge in [0.15, 0.2) is 0 Å². The summed E-state index contributed by atoms with van der Waals surface area (Å²) in [5.74, 6) is -0.739. The third-order valence-electron chi connectivity index (χ3n) is 7.56. The van der Waals surface area contributed by atoms with Crippen LogP contribution in [0.15, 0.2) is 42.5 Å². The number of nitrogens with one attached hydrogen (secondary N) is 2. The minimum absolute atomic E-state index is 0.0929. The number of rotatable bonds is 12. The highest BCUT2D eigenvalue weighted by molar-refractivity contribution is 7.80. The Kier molecular flexibility index (Phi) is 10.6. The van der Waals surface area contributed by atoms with Crippen LogP contribution in [0.1, 0.15) is 38.7 Å². The molecular weight excluding hydrogens is 559 g/mol. The first kappa shape index (κ1) is 31.0. The van der Waals surface area contributed by atoms with Crippen LogP contribution in [0.3, 0.4) is 0 Å². The van der Waals surface area contributed by atoms with Gasteiger partial charge in [-0.1, -0.05) is 31.3 Å². The maximum absolute atomic E-state index is 15.2. The number of thiocarbonyl (C=S) groups is 1. The molecule has 226 valence electrons. The van der Waals surface area contributed by atoms with Crippen molar-refractivity contribution in [2.45, 2.75) is 51.7 Å². The number of ether oxygens (including phenoxy) is 1. The van der Waals surface area contributed by atoms with Crippen LogP contribution < -0.4 is 26.2 Å². The molecule has 2 aromatic rings. The summed E-state index contributed by atoms with van der Waals surface area (Å²) in [6.07, 6.45) is 1.77. The molecule has 2 heterocycles. The second-order valence-electron chi connectivity index (χ2n) is 10.6. The number of amides is 3. The summed E-state index contributed by atoms with van der Waals surface area (Å²) < 4.78 is 20.6. The van der Waals surface area contributed by atoms with E-state index in [0.717, 1.165) is 24.1 Å². The summed E-state index contributed by atoms with van der Waals surface area (Å²) in [5.41, 5.74) is 8.11. The van der Waals surface area contributed by atoms with Crippen molar-refractivity contribution >= 4 is 52.2 Å². The maximum Gasteiger partial charge on any atom is 0.414 e. The Bertz CT molecular complexity index is 1290. The van der Waals surface area contributed by atoms with Crippen LogP contribution >= 0.6 is 12.2 Å². The smallest absolute Gasteiger partial charge is 0.414 e. The molecule has 2 fully saturated rings. The van der Waals surface area contributed by atoms with Gasteiger partial charge >= 0.3 is 6.09 Å². The second-order valence-corrected chi connectivity index (χ2v) is 11.1. The molecule has 4 rings (SSSR count). The van der Waals surface area contributed by atoms with Gasteiger partial charge in [0.05, 0.1) is 29.5 Å². The minimum atomic E-state index is -0.507. The van der Waals surface area contributed by atoms with Crippen molar-refractivity contribution in [1.82, 2.24) is 10.2 Å². The van der Waals surface area contributed by atoms with Crippen LogP contribution in [0.25, 0.3) is 0 Å². The van der Waals surface area contributed by atoms with Crippen LogP contribution in [0.2, 0.25) is 0 Å². The van der Waals surface area contributed by atoms with E-state index in [1.807, 2.05) is 41.0 Å². The lowest BCUT2D eigenvalue weighted by molar-refractivity contribution is -0.131. The zero-order valence-electron chi connectivity index (χ0n) is 24.1. The van der Waals surface area contributed by atoms with E-state index in [0.29, 0.717) is 68.5 Å². The summed E-state index contributed by atoms with van der Waals surface area (Å²) >= 11 is 5.16. The lowest BCUT2D eigenvalue weighted by Gasteiger charge is -2.36. The fourth-order valence-corrected chi connectivity index (χ4v) is 5.08. The zero-order valence-corrected chi connectivity index (χ0v) is 24.9. The Labute approximate surface area is 251 Å². The molecule has 42 heavy (non-hydrogen) atoms. The van der Waals surface area contributed by atoms with Crippen molar-refractivity contribution in [2.75, 3.05) is 54.4 Å². The molecule has 0 spiro atoms. The Hall–Kier alpha value is -3.93. The number of nitrogens with zero attached hydrogens (tertiary/aromatic N) is 3. The monoisotopic (exact) mass is 598 g/mol. The number of carbonyl (C=O) groups excluding carboxylic acids is 3. The average molecular weight is 599 g/mol. The highest BCUT2D eigenvalue weighted by Gasteiger charge is 2.33. The predicted molar refractivity (Wildman–Crippen MR) is 165 cm³/mol. The van der Waals surface area contributed by atoms with Gasteiger partial charge in [-0.25, -0.2) is 9.18 Å². The molecular formula is C30H39FN6O4S. The number of nitrogens with two attached hydrogens (primary N) is 1. The van der Waals surface area contributed by atoms with Gasteiger partial charge in [0.1, 0.15) is 18.0 Å². The number of benzene rings is 2. The molecule has 0 saturated carbocycles.